The summed E-state index contributed by atoms with van der Waals surface area (Å²) in [5.74, 6) is -2.72. The zero-order valence-corrected chi connectivity index (χ0v) is 25.9. The van der Waals surface area contributed by atoms with Gasteiger partial charge in [0.15, 0.2) is 12.1 Å². The number of nitrogens with zero attached hydrogens (tertiary/aromatic N) is 1. The number of Topliss-reactive ketones (excluding diaryl/α,β-unsaturated/α-hetero) is 1. The molecule has 1 N–H and O–H groups in total. The first-order valence-corrected chi connectivity index (χ1v) is 13.9. The Morgan fingerprint density at radius 1 is 1.07 bits per heavy atom. The second-order valence-corrected chi connectivity index (χ2v) is 10.8. The predicted molar refractivity (Wildman–Crippen MR) is 157 cm³/mol. The van der Waals surface area contributed by atoms with Crippen LogP contribution in [0.15, 0.2) is 30.1 Å². The van der Waals surface area contributed by atoms with E-state index in [2.05, 4.69) is 0 Å². The number of carbonyl (C=O) groups excluding carboxylic acids is 3. The van der Waals surface area contributed by atoms with Crippen molar-refractivity contribution in [3.63, 3.8) is 0 Å². The lowest BCUT2D eigenvalue weighted by Crippen LogP contribution is -2.36. The maximum Gasteiger partial charge on any atom is 0.414 e. The van der Waals surface area contributed by atoms with Gasteiger partial charge in [-0.25, -0.2) is 14.0 Å². The van der Waals surface area contributed by atoms with Crippen LogP contribution < -0.4 is 4.90 Å². The van der Waals surface area contributed by atoms with E-state index in [0.717, 1.165) is 0 Å². The molecule has 0 aliphatic rings. The Bertz CT molecular complexity index is 1110. The molecular formula is C31H46FNO8. The van der Waals surface area contributed by atoms with Crippen LogP contribution in [0.5, 0.6) is 5.75 Å². The van der Waals surface area contributed by atoms with Gasteiger partial charge in [0.1, 0.15) is 23.0 Å². The van der Waals surface area contributed by atoms with Crippen LogP contribution in [-0.4, -0.2) is 60.7 Å². The molecule has 0 saturated heterocycles. The summed E-state index contributed by atoms with van der Waals surface area (Å²) in [5.41, 5.74) is -0.112. The number of ether oxygens (including phenoxy) is 4. The fourth-order valence-electron chi connectivity index (χ4n) is 3.77. The zero-order valence-electron chi connectivity index (χ0n) is 25.9. The minimum Gasteiger partial charge on any atom is -0.507 e. The first-order valence-electron chi connectivity index (χ1n) is 13.9. The molecule has 9 nitrogen and oxygen atoms in total. The highest BCUT2D eigenvalue weighted by Gasteiger charge is 2.26. The first kappa shape index (κ1) is 35.8. The Hall–Kier alpha value is -3.24. The molecule has 0 saturated carbocycles. The smallest absolute Gasteiger partial charge is 0.414 e. The third-order valence-electron chi connectivity index (χ3n) is 6.03. The van der Waals surface area contributed by atoms with E-state index in [9.17, 15) is 23.9 Å². The van der Waals surface area contributed by atoms with Crippen LogP contribution in [0.25, 0.3) is 6.08 Å². The number of halogens is 1. The Morgan fingerprint density at radius 3 is 2.24 bits per heavy atom. The molecule has 0 aliphatic carbocycles. The van der Waals surface area contributed by atoms with Crippen LogP contribution in [0, 0.1) is 5.92 Å². The van der Waals surface area contributed by atoms with E-state index in [1.807, 2.05) is 13.8 Å². The number of esters is 1. The van der Waals surface area contributed by atoms with Crippen molar-refractivity contribution in [3.8, 4) is 5.75 Å². The Kier molecular flexibility index (Phi) is 14.2. The number of carbonyl (C=O) groups is 3. The number of ketones is 1. The quantitative estimate of drug-likeness (QED) is 0.143. The van der Waals surface area contributed by atoms with E-state index in [1.165, 1.54) is 31.1 Å². The van der Waals surface area contributed by atoms with Crippen molar-refractivity contribution in [2.24, 2.45) is 5.92 Å². The van der Waals surface area contributed by atoms with Gasteiger partial charge in [0.05, 0.1) is 18.9 Å². The summed E-state index contributed by atoms with van der Waals surface area (Å²) < 4.78 is 35.9. The summed E-state index contributed by atoms with van der Waals surface area (Å²) in [6, 6.07) is 2.90. The molecule has 1 amide bonds. The highest BCUT2D eigenvalue weighted by atomic mass is 19.1. The van der Waals surface area contributed by atoms with Crippen molar-refractivity contribution in [3.05, 3.63) is 41.2 Å². The molecule has 3 unspecified atom stereocenters. The molecule has 4 atom stereocenters. The Morgan fingerprint density at radius 2 is 1.71 bits per heavy atom. The molecule has 0 bridgehead atoms. The van der Waals surface area contributed by atoms with Crippen molar-refractivity contribution in [2.75, 3.05) is 18.6 Å². The van der Waals surface area contributed by atoms with Crippen molar-refractivity contribution in [2.45, 2.75) is 99.3 Å². The number of anilines is 1. The number of methoxy groups -OCH3 is 1. The molecule has 0 radical (unpaired) electrons. The molecular weight excluding hydrogens is 533 g/mol. The van der Waals surface area contributed by atoms with Crippen LogP contribution in [0.4, 0.5) is 14.9 Å². The molecule has 41 heavy (non-hydrogen) atoms. The van der Waals surface area contributed by atoms with Gasteiger partial charge in [-0.3, -0.25) is 9.69 Å². The van der Waals surface area contributed by atoms with Gasteiger partial charge < -0.3 is 24.1 Å². The lowest BCUT2D eigenvalue weighted by Gasteiger charge is -2.27. The number of phenolic OH excluding ortho intramolecular Hbond substituents is 1. The largest absolute Gasteiger partial charge is 0.507 e. The van der Waals surface area contributed by atoms with Gasteiger partial charge in [0, 0.05) is 12.6 Å². The summed E-state index contributed by atoms with van der Waals surface area (Å²) >= 11 is 0. The fraction of sp³-hybridized carbons (Fsp3) is 0.581. The molecule has 0 fully saturated rings. The Labute approximate surface area is 243 Å². The minimum absolute atomic E-state index is 0.0576. The molecule has 1 aromatic carbocycles. The van der Waals surface area contributed by atoms with Crippen LogP contribution in [0.3, 0.4) is 0 Å². The van der Waals surface area contributed by atoms with Gasteiger partial charge in [-0.15, -0.1) is 0 Å². The maximum atomic E-state index is 14.2. The third kappa shape index (κ3) is 11.6. The van der Waals surface area contributed by atoms with Gasteiger partial charge in [-0.1, -0.05) is 26.0 Å². The van der Waals surface area contributed by atoms with Gasteiger partial charge in [0.2, 0.25) is 5.78 Å². The molecule has 0 aromatic heterocycles. The SMILES string of the molecule is CC[C@H](C)/C=C(/F)C(=O)C(C)OC(C)OC(C)C/C=C/c1cc(N(CC)C(=O)OC(C)(C)C)cc(O)c1C(=O)OC. The van der Waals surface area contributed by atoms with Crippen molar-refractivity contribution < 1.29 is 42.8 Å². The molecule has 10 heteroatoms. The highest BCUT2D eigenvalue weighted by Crippen LogP contribution is 2.31. The number of phenols is 1. The number of amides is 1. The monoisotopic (exact) mass is 579 g/mol. The van der Waals surface area contributed by atoms with E-state index in [-0.39, 0.29) is 29.9 Å². The van der Waals surface area contributed by atoms with E-state index in [1.54, 1.807) is 59.8 Å². The van der Waals surface area contributed by atoms with Crippen LogP contribution >= 0.6 is 0 Å². The minimum atomic E-state index is -1.02. The average molecular weight is 580 g/mol. The van der Waals surface area contributed by atoms with Crippen LogP contribution in [0.2, 0.25) is 0 Å². The van der Waals surface area contributed by atoms with E-state index >= 15 is 0 Å². The molecule has 0 spiro atoms. The van der Waals surface area contributed by atoms with Gasteiger partial charge in [-0.05, 0) is 84.9 Å². The topological polar surface area (TPSA) is 112 Å². The maximum absolute atomic E-state index is 14.2. The zero-order chi connectivity index (χ0) is 31.5. The molecule has 0 heterocycles. The number of aromatic hydroxyl groups is 1. The van der Waals surface area contributed by atoms with Crippen molar-refractivity contribution in [1.82, 2.24) is 0 Å². The second-order valence-electron chi connectivity index (χ2n) is 10.8. The molecule has 230 valence electrons. The van der Waals surface area contributed by atoms with E-state index < -0.39 is 41.7 Å². The fourth-order valence-corrected chi connectivity index (χ4v) is 3.77. The van der Waals surface area contributed by atoms with Gasteiger partial charge in [0.25, 0.3) is 0 Å². The predicted octanol–water partition coefficient (Wildman–Crippen LogP) is 6.97. The summed E-state index contributed by atoms with van der Waals surface area (Å²) in [6.07, 6.45) is 2.94. The highest BCUT2D eigenvalue weighted by molar-refractivity contribution is 5.99. The number of hydrogen-bond acceptors (Lipinski definition) is 8. The lowest BCUT2D eigenvalue weighted by atomic mass is 10.0. The van der Waals surface area contributed by atoms with E-state index in [0.29, 0.717) is 24.1 Å². The first-order chi connectivity index (χ1) is 19.0. The van der Waals surface area contributed by atoms with Gasteiger partial charge in [-0.2, -0.15) is 0 Å². The number of benzene rings is 1. The van der Waals surface area contributed by atoms with E-state index in [4.69, 9.17) is 18.9 Å². The standard InChI is InChI=1S/C31H46FNO8/c1-11-19(3)16-25(32)28(35)21(5)40-22(6)39-20(4)14-13-15-23-17-24(18-26(34)27(23)29(36)38-10)33(12-2)30(37)41-31(7,8)9/h13,15-22,34H,11-12,14H2,1-10H3/b15-13+,25-16+/t19-,20?,21?,22?/m0/s1. The number of allylic oxidation sites excluding steroid dienone is 1. The summed E-state index contributed by atoms with van der Waals surface area (Å²) in [6.45, 7) is 15.9. The molecule has 1 rings (SSSR count). The number of rotatable bonds is 14. The Balaban J connectivity index is 3.04. The molecule has 0 aliphatic heterocycles. The average Bonchev–Trinajstić information content (AvgIpc) is 2.86. The summed E-state index contributed by atoms with van der Waals surface area (Å²) in [7, 11) is 1.21. The van der Waals surface area contributed by atoms with Crippen LogP contribution in [-0.2, 0) is 23.7 Å². The lowest BCUT2D eigenvalue weighted by molar-refractivity contribution is -0.181. The van der Waals surface area contributed by atoms with Crippen molar-refractivity contribution in [1.29, 1.82) is 0 Å². The number of hydrogen-bond donors (Lipinski definition) is 1. The normalized spacial score (nSPS) is 15.2. The van der Waals surface area contributed by atoms with Crippen LogP contribution in [0.1, 0.15) is 91.1 Å². The second kappa shape index (κ2) is 16.3. The summed E-state index contributed by atoms with van der Waals surface area (Å²) in [5, 5.41) is 10.7. The summed E-state index contributed by atoms with van der Waals surface area (Å²) in [4.78, 5) is 38.8. The molecule has 1 aromatic rings. The van der Waals surface area contributed by atoms with Gasteiger partial charge >= 0.3 is 12.1 Å². The van der Waals surface area contributed by atoms with Crippen molar-refractivity contribution >= 4 is 29.6 Å². The third-order valence-corrected chi connectivity index (χ3v) is 6.03.